The van der Waals surface area contributed by atoms with E-state index >= 15 is 0 Å². The number of allylic oxidation sites excluding steroid dienone is 2. The van der Waals surface area contributed by atoms with Crippen molar-refractivity contribution in [3.8, 4) is 0 Å². The number of rotatable bonds is 3. The lowest BCUT2D eigenvalue weighted by Crippen LogP contribution is -2.47. The van der Waals surface area contributed by atoms with Gasteiger partial charge < -0.3 is 10.1 Å². The highest BCUT2D eigenvalue weighted by molar-refractivity contribution is 5.24. The van der Waals surface area contributed by atoms with Gasteiger partial charge in [-0.3, -0.25) is 0 Å². The molecule has 15 heavy (non-hydrogen) atoms. The molecule has 1 fully saturated rings. The monoisotopic (exact) mass is 207 g/mol. The number of nitrogens with one attached hydrogen (secondary N) is 1. The Morgan fingerprint density at radius 1 is 1.47 bits per heavy atom. The van der Waals surface area contributed by atoms with Crippen molar-refractivity contribution in [1.29, 1.82) is 0 Å². The van der Waals surface area contributed by atoms with Crippen molar-refractivity contribution in [2.75, 3.05) is 13.7 Å². The van der Waals surface area contributed by atoms with Gasteiger partial charge in [0.1, 0.15) is 0 Å². The number of hydrogen-bond donors (Lipinski definition) is 1. The standard InChI is InChI=1S/C13H21NO/c1-3-13(15-2)9-5-4-7-11(13)12-8-6-10-14-12/h4-5,7,9,11-12,14H,3,6,8,10H2,1-2H3. The molecule has 3 atom stereocenters. The minimum absolute atomic E-state index is 0.0866. The first kappa shape index (κ1) is 10.9. The Balaban J connectivity index is 2.19. The van der Waals surface area contributed by atoms with Gasteiger partial charge in [0, 0.05) is 19.1 Å². The summed E-state index contributed by atoms with van der Waals surface area (Å²) in [5, 5.41) is 3.58. The van der Waals surface area contributed by atoms with E-state index in [1.165, 1.54) is 12.8 Å². The molecule has 1 aliphatic carbocycles. The Bertz CT molecular complexity index is 260. The van der Waals surface area contributed by atoms with Crippen molar-refractivity contribution in [2.24, 2.45) is 5.92 Å². The molecule has 3 unspecified atom stereocenters. The molecule has 0 aromatic heterocycles. The third-order valence-electron chi connectivity index (χ3n) is 3.84. The molecule has 0 amide bonds. The second-order valence-electron chi connectivity index (χ2n) is 4.49. The fourth-order valence-electron chi connectivity index (χ4n) is 2.87. The van der Waals surface area contributed by atoms with E-state index in [4.69, 9.17) is 4.74 Å². The molecule has 1 heterocycles. The van der Waals surface area contributed by atoms with Crippen LogP contribution in [0.5, 0.6) is 0 Å². The molecule has 2 heteroatoms. The van der Waals surface area contributed by atoms with Gasteiger partial charge in [0.25, 0.3) is 0 Å². The molecule has 2 nitrogen and oxygen atoms in total. The van der Waals surface area contributed by atoms with Gasteiger partial charge in [0.05, 0.1) is 5.60 Å². The summed E-state index contributed by atoms with van der Waals surface area (Å²) >= 11 is 0. The molecule has 1 aliphatic heterocycles. The maximum atomic E-state index is 5.77. The van der Waals surface area contributed by atoms with E-state index in [2.05, 4.69) is 36.5 Å². The summed E-state index contributed by atoms with van der Waals surface area (Å²) in [6.07, 6.45) is 12.4. The van der Waals surface area contributed by atoms with Gasteiger partial charge in [0.2, 0.25) is 0 Å². The van der Waals surface area contributed by atoms with E-state index in [0.29, 0.717) is 12.0 Å². The van der Waals surface area contributed by atoms with E-state index in [-0.39, 0.29) is 5.60 Å². The average Bonchev–Trinajstić information content (AvgIpc) is 2.82. The van der Waals surface area contributed by atoms with Crippen LogP contribution in [0.15, 0.2) is 24.3 Å². The van der Waals surface area contributed by atoms with Crippen LogP contribution in [0.2, 0.25) is 0 Å². The molecule has 0 aromatic rings. The largest absolute Gasteiger partial charge is 0.373 e. The average molecular weight is 207 g/mol. The summed E-state index contributed by atoms with van der Waals surface area (Å²) < 4.78 is 5.77. The topological polar surface area (TPSA) is 21.3 Å². The maximum Gasteiger partial charge on any atom is 0.0936 e. The van der Waals surface area contributed by atoms with Gasteiger partial charge in [-0.2, -0.15) is 0 Å². The second-order valence-corrected chi connectivity index (χ2v) is 4.49. The zero-order valence-corrected chi connectivity index (χ0v) is 9.70. The van der Waals surface area contributed by atoms with E-state index < -0.39 is 0 Å². The first-order chi connectivity index (χ1) is 7.32. The highest BCUT2D eigenvalue weighted by atomic mass is 16.5. The third-order valence-corrected chi connectivity index (χ3v) is 3.84. The lowest BCUT2D eigenvalue weighted by Gasteiger charge is -2.40. The van der Waals surface area contributed by atoms with Gasteiger partial charge in [0.15, 0.2) is 0 Å². The molecule has 0 bridgehead atoms. The predicted molar refractivity (Wildman–Crippen MR) is 62.8 cm³/mol. The third kappa shape index (κ3) is 1.88. The van der Waals surface area contributed by atoms with Gasteiger partial charge in [-0.25, -0.2) is 0 Å². The van der Waals surface area contributed by atoms with Gasteiger partial charge >= 0.3 is 0 Å². The van der Waals surface area contributed by atoms with Crippen LogP contribution < -0.4 is 5.32 Å². The summed E-state index contributed by atoms with van der Waals surface area (Å²) in [5.41, 5.74) is -0.0866. The van der Waals surface area contributed by atoms with Crippen molar-refractivity contribution < 1.29 is 4.74 Å². The number of methoxy groups -OCH3 is 1. The lowest BCUT2D eigenvalue weighted by atomic mass is 9.76. The maximum absolute atomic E-state index is 5.77. The van der Waals surface area contributed by atoms with Crippen molar-refractivity contribution in [3.63, 3.8) is 0 Å². The van der Waals surface area contributed by atoms with Crippen LogP contribution in [-0.2, 0) is 4.74 Å². The highest BCUT2D eigenvalue weighted by Gasteiger charge is 2.40. The van der Waals surface area contributed by atoms with Crippen molar-refractivity contribution in [1.82, 2.24) is 5.32 Å². The molecule has 0 spiro atoms. The summed E-state index contributed by atoms with van der Waals surface area (Å²) in [7, 11) is 1.83. The summed E-state index contributed by atoms with van der Waals surface area (Å²) in [6, 6.07) is 0.589. The minimum Gasteiger partial charge on any atom is -0.373 e. The quantitative estimate of drug-likeness (QED) is 0.766. The smallest absolute Gasteiger partial charge is 0.0936 e. The normalized spacial score (nSPS) is 39.9. The lowest BCUT2D eigenvalue weighted by molar-refractivity contribution is -0.0163. The minimum atomic E-state index is -0.0866. The Morgan fingerprint density at radius 3 is 2.93 bits per heavy atom. The Labute approximate surface area is 92.4 Å². The molecule has 84 valence electrons. The molecule has 1 N–H and O–H groups in total. The molecule has 0 saturated carbocycles. The van der Waals surface area contributed by atoms with Gasteiger partial charge in [-0.05, 0) is 25.8 Å². The number of hydrogen-bond acceptors (Lipinski definition) is 2. The second kappa shape index (κ2) is 4.50. The van der Waals surface area contributed by atoms with Crippen LogP contribution in [0.4, 0.5) is 0 Å². The van der Waals surface area contributed by atoms with E-state index in [9.17, 15) is 0 Å². The fraction of sp³-hybridized carbons (Fsp3) is 0.692. The first-order valence-corrected chi connectivity index (χ1v) is 5.97. The van der Waals surface area contributed by atoms with Crippen molar-refractivity contribution >= 4 is 0 Å². The van der Waals surface area contributed by atoms with Crippen LogP contribution >= 0.6 is 0 Å². The molecular formula is C13H21NO. The molecule has 2 aliphatic rings. The summed E-state index contributed by atoms with van der Waals surface area (Å²) in [4.78, 5) is 0. The SMILES string of the molecule is CCC1(OC)C=CC=CC1C1CCCN1. The van der Waals surface area contributed by atoms with E-state index in [1.807, 2.05) is 7.11 Å². The molecule has 2 rings (SSSR count). The molecule has 0 aromatic carbocycles. The van der Waals surface area contributed by atoms with Crippen LogP contribution in [0, 0.1) is 5.92 Å². The van der Waals surface area contributed by atoms with E-state index in [0.717, 1.165) is 13.0 Å². The van der Waals surface area contributed by atoms with Crippen LogP contribution in [0.25, 0.3) is 0 Å². The predicted octanol–water partition coefficient (Wildman–Crippen LogP) is 2.28. The van der Waals surface area contributed by atoms with Crippen LogP contribution in [0.3, 0.4) is 0 Å². The fourth-order valence-corrected chi connectivity index (χ4v) is 2.87. The van der Waals surface area contributed by atoms with E-state index in [1.54, 1.807) is 0 Å². The zero-order chi connectivity index (χ0) is 10.7. The van der Waals surface area contributed by atoms with Gasteiger partial charge in [-0.1, -0.05) is 31.2 Å². The zero-order valence-electron chi connectivity index (χ0n) is 9.70. The Morgan fingerprint density at radius 2 is 2.33 bits per heavy atom. The van der Waals surface area contributed by atoms with Crippen molar-refractivity contribution in [2.45, 2.75) is 37.8 Å². The number of ether oxygens (including phenoxy) is 1. The van der Waals surface area contributed by atoms with Gasteiger partial charge in [-0.15, -0.1) is 0 Å². The highest BCUT2D eigenvalue weighted by Crippen LogP contribution is 2.35. The van der Waals surface area contributed by atoms with Crippen LogP contribution in [-0.4, -0.2) is 25.3 Å². The summed E-state index contributed by atoms with van der Waals surface area (Å²) in [5.74, 6) is 0.486. The van der Waals surface area contributed by atoms with Crippen molar-refractivity contribution in [3.05, 3.63) is 24.3 Å². The first-order valence-electron chi connectivity index (χ1n) is 5.97. The van der Waals surface area contributed by atoms with Crippen LogP contribution in [0.1, 0.15) is 26.2 Å². The Hall–Kier alpha value is -0.600. The molecular weight excluding hydrogens is 186 g/mol. The Kier molecular flexibility index (Phi) is 3.27. The molecule has 1 saturated heterocycles. The molecule has 0 radical (unpaired) electrons. The summed E-state index contributed by atoms with van der Waals surface area (Å²) in [6.45, 7) is 3.36.